The van der Waals surface area contributed by atoms with Crippen molar-refractivity contribution in [2.75, 3.05) is 0 Å². The molecule has 0 aliphatic carbocycles. The number of aliphatic imine (C=N–C) groups is 2. The number of fused-ring (bicyclic) bond motifs is 2. The number of halogens is 4. The fourth-order valence-electron chi connectivity index (χ4n) is 4.91. The van der Waals surface area contributed by atoms with E-state index in [-0.39, 0.29) is 11.1 Å². The molecule has 6 rings (SSSR count). The van der Waals surface area contributed by atoms with E-state index in [0.29, 0.717) is 34.6 Å². The minimum Gasteiger partial charge on any atom is -0.504 e. The predicted molar refractivity (Wildman–Crippen MR) is 157 cm³/mol. The van der Waals surface area contributed by atoms with E-state index in [0.717, 1.165) is 33.7 Å². The molecule has 0 saturated carbocycles. The zero-order chi connectivity index (χ0) is 29.4. The smallest absolute Gasteiger partial charge is 0.168 e. The Hall–Kier alpha value is -5.50. The second kappa shape index (κ2) is 10.8. The summed E-state index contributed by atoms with van der Waals surface area (Å²) in [4.78, 5) is 9.08. The van der Waals surface area contributed by atoms with Gasteiger partial charge < -0.3 is 10.2 Å². The first-order chi connectivity index (χ1) is 20.3. The molecular weight excluding hydrogens is 544 g/mol. The highest BCUT2D eigenvalue weighted by atomic mass is 19.1. The summed E-state index contributed by atoms with van der Waals surface area (Å²) in [6.07, 6.45) is 2.35. The Kier molecular flexibility index (Phi) is 6.88. The number of nitrogens with zero attached hydrogens (tertiary/aromatic N) is 2. The van der Waals surface area contributed by atoms with Crippen LogP contribution in [0.15, 0.2) is 107 Å². The van der Waals surface area contributed by atoms with Crippen LogP contribution in [-0.2, 0) is 0 Å². The number of hydrogen-bond acceptors (Lipinski definition) is 4. The average molecular weight is 565 g/mol. The Morgan fingerprint density at radius 1 is 0.500 bits per heavy atom. The molecule has 6 aromatic carbocycles. The first kappa shape index (κ1) is 26.7. The minimum absolute atomic E-state index is 0.147. The van der Waals surface area contributed by atoms with E-state index < -0.39 is 34.8 Å². The van der Waals surface area contributed by atoms with Crippen LogP contribution in [0.25, 0.3) is 32.7 Å². The van der Waals surface area contributed by atoms with Crippen molar-refractivity contribution < 1.29 is 27.8 Å². The molecule has 42 heavy (non-hydrogen) atoms. The van der Waals surface area contributed by atoms with Gasteiger partial charge in [0.25, 0.3) is 0 Å². The van der Waals surface area contributed by atoms with Crippen LogP contribution in [0.1, 0.15) is 11.1 Å². The highest BCUT2D eigenvalue weighted by molar-refractivity contribution is 6.13. The Morgan fingerprint density at radius 3 is 1.33 bits per heavy atom. The topological polar surface area (TPSA) is 65.2 Å². The average Bonchev–Trinajstić information content (AvgIpc) is 2.98. The SMILES string of the molecule is Oc1c(F)cc(F)cc1C=Nc1ccc2ccccc2c1-c1c(N=Cc2cc(F)cc(F)c2O)ccc2ccccc12. The molecule has 0 aliphatic rings. The van der Waals surface area contributed by atoms with Gasteiger partial charge in [0, 0.05) is 46.8 Å². The van der Waals surface area contributed by atoms with E-state index >= 15 is 0 Å². The van der Waals surface area contributed by atoms with Gasteiger partial charge in [0.15, 0.2) is 23.1 Å². The summed E-state index contributed by atoms with van der Waals surface area (Å²) in [6, 6.07) is 25.4. The van der Waals surface area contributed by atoms with E-state index in [1.165, 1.54) is 12.4 Å². The normalized spacial score (nSPS) is 11.8. The molecule has 0 amide bonds. The van der Waals surface area contributed by atoms with Crippen molar-refractivity contribution in [1.29, 1.82) is 0 Å². The summed E-state index contributed by atoms with van der Waals surface area (Å²) in [6.45, 7) is 0. The van der Waals surface area contributed by atoms with Crippen molar-refractivity contribution in [2.24, 2.45) is 9.98 Å². The van der Waals surface area contributed by atoms with E-state index in [2.05, 4.69) is 9.98 Å². The van der Waals surface area contributed by atoms with E-state index in [1.807, 2.05) is 60.7 Å². The van der Waals surface area contributed by atoms with Gasteiger partial charge in [-0.05, 0) is 45.8 Å². The van der Waals surface area contributed by atoms with Crippen LogP contribution < -0.4 is 0 Å². The van der Waals surface area contributed by atoms with Crippen LogP contribution >= 0.6 is 0 Å². The molecule has 0 radical (unpaired) electrons. The fraction of sp³-hybridized carbons (Fsp3) is 0. The van der Waals surface area contributed by atoms with Gasteiger partial charge in [-0.3, -0.25) is 9.98 Å². The van der Waals surface area contributed by atoms with Crippen molar-refractivity contribution in [3.63, 3.8) is 0 Å². The molecule has 0 aliphatic heterocycles. The lowest BCUT2D eigenvalue weighted by atomic mass is 9.91. The maximum Gasteiger partial charge on any atom is 0.168 e. The monoisotopic (exact) mass is 564 g/mol. The van der Waals surface area contributed by atoms with Gasteiger partial charge in [-0.15, -0.1) is 0 Å². The molecule has 2 N–H and O–H groups in total. The molecule has 0 aromatic heterocycles. The molecule has 0 spiro atoms. The van der Waals surface area contributed by atoms with E-state index in [9.17, 15) is 27.8 Å². The number of phenolic OH excluding ortho intramolecular Hbond substituents is 2. The Morgan fingerprint density at radius 2 is 0.905 bits per heavy atom. The standard InChI is InChI=1S/C34H20F4N2O2/c35-23-13-21(33(41)27(37)15-23)17-39-29-11-9-19-5-1-3-7-25(19)31(29)32-26-8-4-2-6-20(26)10-12-30(32)40-18-22-14-24(36)16-28(38)34(22)42/h1-18,41-42H. The van der Waals surface area contributed by atoms with Gasteiger partial charge in [0.05, 0.1) is 11.4 Å². The fourth-order valence-corrected chi connectivity index (χ4v) is 4.91. The third-order valence-electron chi connectivity index (χ3n) is 6.86. The molecule has 0 bridgehead atoms. The molecular formula is C34H20F4N2O2. The van der Waals surface area contributed by atoms with Crippen LogP contribution in [0.4, 0.5) is 28.9 Å². The molecule has 0 fully saturated rings. The number of benzene rings is 6. The summed E-state index contributed by atoms with van der Waals surface area (Å²) in [5.41, 5.74) is 1.77. The van der Waals surface area contributed by atoms with Gasteiger partial charge in [-0.2, -0.15) is 0 Å². The highest BCUT2D eigenvalue weighted by Crippen LogP contribution is 2.45. The van der Waals surface area contributed by atoms with Gasteiger partial charge in [0.2, 0.25) is 0 Å². The lowest BCUT2D eigenvalue weighted by Crippen LogP contribution is -1.92. The lowest BCUT2D eigenvalue weighted by Gasteiger charge is -2.16. The van der Waals surface area contributed by atoms with Crippen molar-refractivity contribution >= 4 is 45.3 Å². The zero-order valence-electron chi connectivity index (χ0n) is 21.7. The number of hydrogen-bond donors (Lipinski definition) is 2. The van der Waals surface area contributed by atoms with Crippen LogP contribution in [0.5, 0.6) is 11.5 Å². The van der Waals surface area contributed by atoms with E-state index in [4.69, 9.17) is 0 Å². The molecule has 0 heterocycles. The van der Waals surface area contributed by atoms with Gasteiger partial charge in [0.1, 0.15) is 11.6 Å². The first-order valence-corrected chi connectivity index (χ1v) is 12.8. The third-order valence-corrected chi connectivity index (χ3v) is 6.86. The molecule has 0 unspecified atom stereocenters. The molecule has 6 aromatic rings. The summed E-state index contributed by atoms with van der Waals surface area (Å²) >= 11 is 0. The number of phenols is 2. The van der Waals surface area contributed by atoms with Crippen LogP contribution in [0, 0.1) is 23.3 Å². The Balaban J connectivity index is 1.63. The summed E-state index contributed by atoms with van der Waals surface area (Å²) in [5.74, 6) is -5.43. The van der Waals surface area contributed by atoms with Crippen molar-refractivity contribution in [1.82, 2.24) is 0 Å². The van der Waals surface area contributed by atoms with Gasteiger partial charge >= 0.3 is 0 Å². The second-order valence-electron chi connectivity index (χ2n) is 9.53. The molecule has 0 atom stereocenters. The van der Waals surface area contributed by atoms with Gasteiger partial charge in [-0.1, -0.05) is 60.7 Å². The quantitative estimate of drug-likeness (QED) is 0.162. The Bertz CT molecular complexity index is 1920. The van der Waals surface area contributed by atoms with E-state index in [1.54, 1.807) is 12.1 Å². The van der Waals surface area contributed by atoms with Crippen LogP contribution in [0.3, 0.4) is 0 Å². The Labute approximate surface area is 237 Å². The maximum absolute atomic E-state index is 14.0. The molecule has 8 heteroatoms. The largest absolute Gasteiger partial charge is 0.504 e. The maximum atomic E-state index is 14.0. The number of rotatable bonds is 5. The van der Waals surface area contributed by atoms with Crippen molar-refractivity contribution in [3.05, 3.63) is 131 Å². The van der Waals surface area contributed by atoms with Crippen LogP contribution in [-0.4, -0.2) is 22.6 Å². The number of aromatic hydroxyl groups is 2. The van der Waals surface area contributed by atoms with Crippen molar-refractivity contribution in [3.8, 4) is 22.6 Å². The summed E-state index contributed by atoms with van der Waals surface area (Å²) < 4.78 is 55.9. The zero-order valence-corrected chi connectivity index (χ0v) is 21.7. The lowest BCUT2D eigenvalue weighted by molar-refractivity contribution is 0.427. The summed E-state index contributed by atoms with van der Waals surface area (Å²) in [7, 11) is 0. The van der Waals surface area contributed by atoms with Gasteiger partial charge in [-0.25, -0.2) is 17.6 Å². The molecule has 0 saturated heterocycles. The predicted octanol–water partition coefficient (Wildman–Crippen LogP) is 9.13. The van der Waals surface area contributed by atoms with Crippen LogP contribution in [0.2, 0.25) is 0 Å². The highest BCUT2D eigenvalue weighted by Gasteiger charge is 2.18. The summed E-state index contributed by atoms with van der Waals surface area (Å²) in [5, 5.41) is 23.6. The minimum atomic E-state index is -1.11. The first-order valence-electron chi connectivity index (χ1n) is 12.8. The second-order valence-corrected chi connectivity index (χ2v) is 9.53. The third kappa shape index (κ3) is 4.94. The molecule has 206 valence electrons. The van der Waals surface area contributed by atoms with Crippen molar-refractivity contribution in [2.45, 2.75) is 0 Å². The molecule has 4 nitrogen and oxygen atoms in total.